The molecule has 0 saturated heterocycles. The second-order valence-corrected chi connectivity index (χ2v) is 4.44. The third kappa shape index (κ3) is 3.73. The number of nitrogen functional groups attached to an aromatic ring is 1. The molecule has 110 valence electrons. The largest absolute Gasteiger partial charge is 0.319 e. The molecule has 2 heterocycles. The molecule has 2 aromatic heterocycles. The number of amides is 1. The van der Waals surface area contributed by atoms with Crippen molar-refractivity contribution in [1.82, 2.24) is 9.97 Å². The number of carbonyl (C=O) groups excluding carboxylic acids is 1. The molecule has 21 heavy (non-hydrogen) atoms. The van der Waals surface area contributed by atoms with Crippen LogP contribution in [0.1, 0.15) is 29.4 Å². The van der Waals surface area contributed by atoms with Gasteiger partial charge in [-0.3, -0.25) is 9.78 Å². The fourth-order valence-corrected chi connectivity index (χ4v) is 1.85. The van der Waals surface area contributed by atoms with E-state index in [4.69, 9.17) is 5.84 Å². The van der Waals surface area contributed by atoms with E-state index in [0.717, 1.165) is 24.7 Å². The maximum Gasteiger partial charge on any atom is 0.255 e. The van der Waals surface area contributed by atoms with Gasteiger partial charge in [0.05, 0.1) is 11.9 Å². The summed E-state index contributed by atoms with van der Waals surface area (Å²) in [4.78, 5) is 20.1. The van der Waals surface area contributed by atoms with Gasteiger partial charge >= 0.3 is 0 Å². The number of aromatic nitrogens is 2. The van der Waals surface area contributed by atoms with Crippen molar-refractivity contribution in [3.05, 3.63) is 47.7 Å². The maximum atomic E-state index is 13.5. The fourth-order valence-electron chi connectivity index (χ4n) is 1.85. The predicted molar refractivity (Wildman–Crippen MR) is 78.2 cm³/mol. The van der Waals surface area contributed by atoms with Gasteiger partial charge in [0.2, 0.25) is 0 Å². The number of nitrogens with one attached hydrogen (secondary N) is 2. The molecule has 0 spiro atoms. The number of halogens is 1. The van der Waals surface area contributed by atoms with Gasteiger partial charge < -0.3 is 10.7 Å². The molecule has 0 unspecified atom stereocenters. The second-order valence-electron chi connectivity index (χ2n) is 4.44. The molecular weight excluding hydrogens is 273 g/mol. The topological polar surface area (TPSA) is 92.9 Å². The lowest BCUT2D eigenvalue weighted by atomic mass is 10.1. The van der Waals surface area contributed by atoms with Gasteiger partial charge in [-0.1, -0.05) is 13.3 Å². The van der Waals surface area contributed by atoms with E-state index in [1.54, 1.807) is 6.07 Å². The van der Waals surface area contributed by atoms with E-state index in [1.807, 2.05) is 6.92 Å². The standard InChI is InChI=1S/C14H16FN5O/c1-2-3-10-6-9(7-13(18-10)20-16)14(21)19-12-4-5-17-8-11(12)15/h4-8H,2-3,16H2,1H3,(H,18,20)(H,17,19,21). The van der Waals surface area contributed by atoms with Crippen molar-refractivity contribution in [1.29, 1.82) is 0 Å². The van der Waals surface area contributed by atoms with Crippen LogP contribution in [0, 0.1) is 5.82 Å². The molecule has 1 amide bonds. The summed E-state index contributed by atoms with van der Waals surface area (Å²) in [6, 6.07) is 4.57. The molecule has 6 nitrogen and oxygen atoms in total. The Labute approximate surface area is 121 Å². The van der Waals surface area contributed by atoms with Crippen molar-refractivity contribution >= 4 is 17.4 Å². The third-order valence-corrected chi connectivity index (χ3v) is 2.82. The van der Waals surface area contributed by atoms with Gasteiger partial charge in [-0.25, -0.2) is 15.2 Å². The molecule has 7 heteroatoms. The van der Waals surface area contributed by atoms with Crippen LogP contribution < -0.4 is 16.6 Å². The summed E-state index contributed by atoms with van der Waals surface area (Å²) in [6.07, 6.45) is 4.05. The van der Waals surface area contributed by atoms with E-state index >= 15 is 0 Å². The smallest absolute Gasteiger partial charge is 0.255 e. The number of nitrogens with zero attached hydrogens (tertiary/aromatic N) is 2. The van der Waals surface area contributed by atoms with Crippen molar-refractivity contribution in [3.8, 4) is 0 Å². The lowest BCUT2D eigenvalue weighted by Crippen LogP contribution is -2.16. The summed E-state index contributed by atoms with van der Waals surface area (Å²) in [5.74, 6) is 4.71. The summed E-state index contributed by atoms with van der Waals surface area (Å²) >= 11 is 0. The minimum absolute atomic E-state index is 0.0751. The summed E-state index contributed by atoms with van der Waals surface area (Å²) in [6.45, 7) is 2.01. The van der Waals surface area contributed by atoms with E-state index in [-0.39, 0.29) is 5.69 Å². The van der Waals surface area contributed by atoms with Crippen LogP contribution in [0.15, 0.2) is 30.6 Å². The molecule has 0 radical (unpaired) electrons. The van der Waals surface area contributed by atoms with Crippen LogP contribution >= 0.6 is 0 Å². The van der Waals surface area contributed by atoms with E-state index in [2.05, 4.69) is 20.7 Å². The number of anilines is 2. The second kappa shape index (κ2) is 6.76. The molecule has 2 rings (SSSR count). The number of rotatable bonds is 5. The zero-order valence-electron chi connectivity index (χ0n) is 11.6. The van der Waals surface area contributed by atoms with E-state index < -0.39 is 11.7 Å². The van der Waals surface area contributed by atoms with Gasteiger partial charge in [-0.05, 0) is 24.6 Å². The number of hydrogen-bond acceptors (Lipinski definition) is 5. The first-order chi connectivity index (χ1) is 10.1. The van der Waals surface area contributed by atoms with Gasteiger partial charge in [-0.15, -0.1) is 0 Å². The van der Waals surface area contributed by atoms with Crippen molar-refractivity contribution in [2.24, 2.45) is 5.84 Å². The first kappa shape index (κ1) is 14.9. The summed E-state index contributed by atoms with van der Waals surface area (Å²) in [5, 5.41) is 2.50. The molecule has 0 aliphatic rings. The highest BCUT2D eigenvalue weighted by molar-refractivity contribution is 6.04. The highest BCUT2D eigenvalue weighted by Gasteiger charge is 2.12. The van der Waals surface area contributed by atoms with Crippen LogP contribution in [-0.2, 0) is 6.42 Å². The van der Waals surface area contributed by atoms with Gasteiger partial charge in [-0.2, -0.15) is 0 Å². The van der Waals surface area contributed by atoms with Crippen LogP contribution in [0.2, 0.25) is 0 Å². The highest BCUT2D eigenvalue weighted by atomic mass is 19.1. The number of hydrogen-bond donors (Lipinski definition) is 3. The number of pyridine rings is 2. The Kier molecular flexibility index (Phi) is 4.78. The molecular formula is C14H16FN5O. The van der Waals surface area contributed by atoms with Crippen LogP contribution in [0.5, 0.6) is 0 Å². The zero-order valence-corrected chi connectivity index (χ0v) is 11.6. The molecule has 0 aromatic carbocycles. The Morgan fingerprint density at radius 2 is 2.24 bits per heavy atom. The summed E-state index contributed by atoms with van der Waals surface area (Å²) in [7, 11) is 0. The minimum Gasteiger partial charge on any atom is -0.319 e. The highest BCUT2D eigenvalue weighted by Crippen LogP contribution is 2.16. The van der Waals surface area contributed by atoms with E-state index in [9.17, 15) is 9.18 Å². The Balaban J connectivity index is 2.26. The molecule has 4 N–H and O–H groups in total. The Morgan fingerprint density at radius 3 is 2.90 bits per heavy atom. The van der Waals surface area contributed by atoms with Crippen LogP contribution in [-0.4, -0.2) is 15.9 Å². The van der Waals surface area contributed by atoms with E-state index in [0.29, 0.717) is 11.4 Å². The zero-order chi connectivity index (χ0) is 15.2. The number of carbonyl (C=O) groups is 1. The van der Waals surface area contributed by atoms with E-state index in [1.165, 1.54) is 18.3 Å². The monoisotopic (exact) mass is 289 g/mol. The average molecular weight is 289 g/mol. The Morgan fingerprint density at radius 1 is 1.43 bits per heavy atom. The van der Waals surface area contributed by atoms with Gasteiger partial charge in [0.15, 0.2) is 5.82 Å². The molecule has 0 saturated carbocycles. The SMILES string of the molecule is CCCc1cc(C(=O)Nc2ccncc2F)cc(NN)n1. The molecule has 0 fully saturated rings. The quantitative estimate of drug-likeness (QED) is 0.579. The minimum atomic E-state index is -0.592. The van der Waals surface area contributed by atoms with Crippen LogP contribution in [0.3, 0.4) is 0 Å². The van der Waals surface area contributed by atoms with Gasteiger partial charge in [0.1, 0.15) is 5.82 Å². The number of nitrogens with two attached hydrogens (primary N) is 1. The first-order valence-electron chi connectivity index (χ1n) is 6.52. The average Bonchev–Trinajstić information content (AvgIpc) is 2.49. The first-order valence-corrected chi connectivity index (χ1v) is 6.52. The predicted octanol–water partition coefficient (Wildman–Crippen LogP) is 2.11. The van der Waals surface area contributed by atoms with Crippen LogP contribution in [0.4, 0.5) is 15.9 Å². The maximum absolute atomic E-state index is 13.5. The number of aryl methyl sites for hydroxylation is 1. The third-order valence-electron chi connectivity index (χ3n) is 2.82. The van der Waals surface area contributed by atoms with Gasteiger partial charge in [0.25, 0.3) is 5.91 Å². The lowest BCUT2D eigenvalue weighted by molar-refractivity contribution is 0.102. The van der Waals surface area contributed by atoms with Crippen molar-refractivity contribution < 1.29 is 9.18 Å². The molecule has 2 aromatic rings. The number of hydrazine groups is 1. The van der Waals surface area contributed by atoms with Crippen molar-refractivity contribution in [3.63, 3.8) is 0 Å². The fraction of sp³-hybridized carbons (Fsp3) is 0.214. The molecule has 0 aliphatic carbocycles. The normalized spacial score (nSPS) is 10.2. The van der Waals surface area contributed by atoms with Crippen LogP contribution in [0.25, 0.3) is 0 Å². The molecule has 0 atom stereocenters. The molecule has 0 aliphatic heterocycles. The lowest BCUT2D eigenvalue weighted by Gasteiger charge is -2.09. The summed E-state index contributed by atoms with van der Waals surface area (Å²) in [5.41, 5.74) is 3.60. The summed E-state index contributed by atoms with van der Waals surface area (Å²) < 4.78 is 13.5. The molecule has 0 bridgehead atoms. The van der Waals surface area contributed by atoms with Crippen molar-refractivity contribution in [2.75, 3.05) is 10.7 Å². The van der Waals surface area contributed by atoms with Crippen molar-refractivity contribution in [2.45, 2.75) is 19.8 Å². The Hall–Kier alpha value is -2.54. The Bertz CT molecular complexity index is 647. The van der Waals surface area contributed by atoms with Gasteiger partial charge in [0, 0.05) is 17.5 Å².